The fourth-order valence-electron chi connectivity index (χ4n) is 5.62. The van der Waals surface area contributed by atoms with Crippen LogP contribution in [-0.4, -0.2) is 66.6 Å². The molecule has 1 aromatic carbocycles. The molecule has 1 aliphatic rings. The largest absolute Gasteiger partial charge is 0.505 e. The average Bonchev–Trinajstić information content (AvgIpc) is 2.98. The number of benzene rings is 1. The number of carboxylic acid groups (broad SMARTS) is 1. The lowest BCUT2D eigenvalue weighted by molar-refractivity contribution is 0.0647. The van der Waals surface area contributed by atoms with E-state index in [1.165, 1.54) is 4.90 Å². The van der Waals surface area contributed by atoms with E-state index in [1.807, 2.05) is 32.9 Å². The first kappa shape index (κ1) is 31.3. The molecule has 0 bridgehead atoms. The molecule has 44 heavy (non-hydrogen) atoms. The predicted octanol–water partition coefficient (Wildman–Crippen LogP) is 7.79. The van der Waals surface area contributed by atoms with Crippen LogP contribution < -0.4 is 10.2 Å². The lowest BCUT2D eigenvalue weighted by Crippen LogP contribution is -2.57. The first-order chi connectivity index (χ1) is 20.9. The molecule has 4 heterocycles. The number of phenols is 1. The van der Waals surface area contributed by atoms with E-state index in [2.05, 4.69) is 15.2 Å². The third kappa shape index (κ3) is 6.37. The highest BCUT2D eigenvalue weighted by molar-refractivity contribution is 6.37. The van der Waals surface area contributed by atoms with Gasteiger partial charge < -0.3 is 20.4 Å². The van der Waals surface area contributed by atoms with Gasteiger partial charge in [0.2, 0.25) is 0 Å². The van der Waals surface area contributed by atoms with Crippen LogP contribution in [0.4, 0.5) is 22.0 Å². The summed E-state index contributed by atoms with van der Waals surface area (Å²) in [7, 11) is 0. The fraction of sp³-hybridized carbons (Fsp3) is 0.344. The van der Waals surface area contributed by atoms with Gasteiger partial charge in [-0.3, -0.25) is 14.7 Å². The quantitative estimate of drug-likeness (QED) is 0.174. The summed E-state index contributed by atoms with van der Waals surface area (Å²) in [5.74, 6) is 0.434. The summed E-state index contributed by atoms with van der Waals surface area (Å²) in [6.45, 7) is 8.83. The van der Waals surface area contributed by atoms with E-state index in [9.17, 15) is 19.8 Å². The molecule has 0 aliphatic carbocycles. The Morgan fingerprint density at radius 1 is 1.09 bits per heavy atom. The molecule has 12 heteroatoms. The van der Waals surface area contributed by atoms with Crippen molar-refractivity contribution >= 4 is 63.3 Å². The summed E-state index contributed by atoms with van der Waals surface area (Å²) in [5.41, 5.74) is 3.19. The minimum Gasteiger partial charge on any atom is -0.505 e. The molecule has 5 rings (SSSR count). The van der Waals surface area contributed by atoms with Crippen LogP contribution in [-0.2, 0) is 0 Å². The summed E-state index contributed by atoms with van der Waals surface area (Å²) in [5, 5.41) is 23.4. The number of carbonyl (C=O) groups excluding carboxylic acids is 1. The Hall–Kier alpha value is -4.15. The second-order valence-corrected chi connectivity index (χ2v) is 12.6. The van der Waals surface area contributed by atoms with E-state index in [1.54, 1.807) is 43.6 Å². The number of hydrogen-bond acceptors (Lipinski definition) is 8. The number of piperidine rings is 1. The standard InChI is InChI=1S/C32H34Cl2N6O4/c1-5-26(41)21-16-35-25-10-9-24(18-13-22(33)30(42)23(34)14-18)38-29(25)28(21)37-19-8-11-27(36-15-19)39-12-6-7-20(17-39)40(31(43)44)32(2,3)4/h8-11,13-16,20,42H,5-7,12,17H2,1-4H3,(H,35,37)(H,43,44). The van der Waals surface area contributed by atoms with Crippen LogP contribution in [0.2, 0.25) is 10.0 Å². The summed E-state index contributed by atoms with van der Waals surface area (Å²) >= 11 is 12.3. The van der Waals surface area contributed by atoms with E-state index in [0.29, 0.717) is 45.8 Å². The lowest BCUT2D eigenvalue weighted by atomic mass is 9.97. The van der Waals surface area contributed by atoms with Gasteiger partial charge in [-0.25, -0.2) is 14.8 Å². The Bertz CT molecular complexity index is 1700. The number of aromatic nitrogens is 3. The number of nitrogens with one attached hydrogen (secondary N) is 1. The molecule has 10 nitrogen and oxygen atoms in total. The van der Waals surface area contributed by atoms with E-state index in [-0.39, 0.29) is 34.0 Å². The number of Topliss-reactive ketones (excluding diaryl/α,β-unsaturated/α-hetero) is 1. The fourth-order valence-corrected chi connectivity index (χ4v) is 6.11. The topological polar surface area (TPSA) is 132 Å². The Balaban J connectivity index is 1.47. The average molecular weight is 638 g/mol. The van der Waals surface area contributed by atoms with Gasteiger partial charge in [0.1, 0.15) is 11.3 Å². The highest BCUT2D eigenvalue weighted by atomic mass is 35.5. The van der Waals surface area contributed by atoms with Crippen molar-refractivity contribution in [1.29, 1.82) is 0 Å². The predicted molar refractivity (Wildman–Crippen MR) is 174 cm³/mol. The van der Waals surface area contributed by atoms with Crippen molar-refractivity contribution in [2.75, 3.05) is 23.3 Å². The molecule has 0 saturated carbocycles. The molecule has 0 spiro atoms. The van der Waals surface area contributed by atoms with Crippen molar-refractivity contribution in [3.05, 3.63) is 64.4 Å². The van der Waals surface area contributed by atoms with E-state index >= 15 is 0 Å². The van der Waals surface area contributed by atoms with Gasteiger partial charge in [0, 0.05) is 36.8 Å². The molecule has 1 amide bonds. The summed E-state index contributed by atoms with van der Waals surface area (Å²) < 4.78 is 0. The monoisotopic (exact) mass is 636 g/mol. The van der Waals surface area contributed by atoms with Crippen LogP contribution in [0.3, 0.4) is 0 Å². The van der Waals surface area contributed by atoms with Crippen LogP contribution in [0.25, 0.3) is 22.3 Å². The van der Waals surface area contributed by atoms with Gasteiger partial charge in [-0.15, -0.1) is 0 Å². The number of ketones is 1. The van der Waals surface area contributed by atoms with Crippen molar-refractivity contribution in [3.8, 4) is 17.0 Å². The van der Waals surface area contributed by atoms with Crippen molar-refractivity contribution in [3.63, 3.8) is 0 Å². The first-order valence-corrected chi connectivity index (χ1v) is 15.1. The number of amides is 1. The SMILES string of the molecule is CCC(=O)c1cnc2ccc(-c3cc(Cl)c(O)c(Cl)c3)nc2c1Nc1ccc(N2CCCC(N(C(=O)O)C(C)(C)C)C2)nc1. The van der Waals surface area contributed by atoms with Gasteiger partial charge in [0.05, 0.1) is 50.4 Å². The molecule has 1 fully saturated rings. The van der Waals surface area contributed by atoms with Crippen molar-refractivity contribution < 1.29 is 19.8 Å². The van der Waals surface area contributed by atoms with Crippen LogP contribution in [0, 0.1) is 0 Å². The van der Waals surface area contributed by atoms with E-state index < -0.39 is 11.6 Å². The zero-order valence-corrected chi connectivity index (χ0v) is 26.4. The molecule has 230 valence electrons. The number of rotatable bonds is 7. The smallest absolute Gasteiger partial charge is 0.408 e. The number of aromatic hydroxyl groups is 1. The molecule has 1 atom stereocenters. The normalized spacial score (nSPS) is 15.3. The van der Waals surface area contributed by atoms with Crippen molar-refractivity contribution in [2.24, 2.45) is 0 Å². The summed E-state index contributed by atoms with van der Waals surface area (Å²) in [6.07, 6.45) is 4.23. The Kier molecular flexibility index (Phi) is 8.85. The number of carbonyl (C=O) groups is 2. The zero-order valence-electron chi connectivity index (χ0n) is 24.9. The molecule has 1 aliphatic heterocycles. The van der Waals surface area contributed by atoms with Gasteiger partial charge in [-0.1, -0.05) is 30.1 Å². The first-order valence-electron chi connectivity index (χ1n) is 14.4. The van der Waals surface area contributed by atoms with Gasteiger partial charge in [-0.2, -0.15) is 0 Å². The molecule has 1 saturated heterocycles. The van der Waals surface area contributed by atoms with Gasteiger partial charge in [0.15, 0.2) is 11.5 Å². The maximum absolute atomic E-state index is 13.0. The number of fused-ring (bicyclic) bond motifs is 1. The highest BCUT2D eigenvalue weighted by Gasteiger charge is 2.36. The third-order valence-corrected chi connectivity index (χ3v) is 8.25. The third-order valence-electron chi connectivity index (χ3n) is 7.68. The summed E-state index contributed by atoms with van der Waals surface area (Å²) in [4.78, 5) is 42.7. The van der Waals surface area contributed by atoms with Gasteiger partial charge >= 0.3 is 6.09 Å². The lowest BCUT2D eigenvalue weighted by Gasteiger charge is -2.44. The van der Waals surface area contributed by atoms with Gasteiger partial charge in [0.25, 0.3) is 0 Å². The number of phenolic OH excluding ortho intramolecular Hbond substituents is 1. The minimum atomic E-state index is -0.924. The van der Waals surface area contributed by atoms with E-state index in [0.717, 1.165) is 25.2 Å². The van der Waals surface area contributed by atoms with Gasteiger partial charge in [-0.05, 0) is 70.0 Å². The molecule has 0 radical (unpaired) electrons. The molecular weight excluding hydrogens is 603 g/mol. The maximum Gasteiger partial charge on any atom is 0.408 e. The molecule has 4 aromatic rings. The number of anilines is 3. The number of pyridine rings is 3. The molecule has 3 aromatic heterocycles. The zero-order chi connectivity index (χ0) is 31.8. The Morgan fingerprint density at radius 3 is 2.43 bits per heavy atom. The summed E-state index contributed by atoms with van der Waals surface area (Å²) in [6, 6.07) is 10.3. The van der Waals surface area contributed by atoms with Crippen LogP contribution in [0.5, 0.6) is 5.75 Å². The molecule has 1 unspecified atom stereocenters. The van der Waals surface area contributed by atoms with Crippen LogP contribution >= 0.6 is 23.2 Å². The van der Waals surface area contributed by atoms with Crippen molar-refractivity contribution in [2.45, 2.75) is 58.5 Å². The van der Waals surface area contributed by atoms with E-state index in [4.69, 9.17) is 33.2 Å². The molecule has 3 N–H and O–H groups in total. The minimum absolute atomic E-state index is 0.0982. The number of nitrogens with zero attached hydrogens (tertiary/aromatic N) is 5. The Labute approximate surface area is 265 Å². The van der Waals surface area contributed by atoms with Crippen molar-refractivity contribution in [1.82, 2.24) is 19.9 Å². The number of hydrogen-bond donors (Lipinski definition) is 3. The number of halogens is 2. The molecular formula is C32H34Cl2N6O4. The van der Waals surface area contributed by atoms with Crippen LogP contribution in [0.1, 0.15) is 57.3 Å². The maximum atomic E-state index is 13.0. The Morgan fingerprint density at radius 2 is 1.82 bits per heavy atom. The second-order valence-electron chi connectivity index (χ2n) is 11.8. The second kappa shape index (κ2) is 12.5. The highest BCUT2D eigenvalue weighted by Crippen LogP contribution is 2.37. The van der Waals surface area contributed by atoms with Crippen LogP contribution in [0.15, 0.2) is 48.8 Å².